The Balaban J connectivity index is 1.90. The van der Waals surface area contributed by atoms with E-state index in [4.69, 9.17) is 23.2 Å². The van der Waals surface area contributed by atoms with Crippen LogP contribution in [-0.2, 0) is 0 Å². The summed E-state index contributed by atoms with van der Waals surface area (Å²) in [6.45, 7) is 0. The monoisotopic (exact) mass is 308 g/mol. The predicted molar refractivity (Wildman–Crippen MR) is 83.3 cm³/mol. The Kier molecular flexibility index (Phi) is 3.68. The second-order valence-electron chi connectivity index (χ2n) is 4.81. The molecule has 6 heteroatoms. The molecule has 4 nitrogen and oxygen atoms in total. The van der Waals surface area contributed by atoms with Gasteiger partial charge in [0.15, 0.2) is 0 Å². The number of halogens is 2. The molecule has 104 valence electrons. The number of benzene rings is 1. The fraction of sp³-hybridized carbons (Fsp3) is 0.286. The van der Waals surface area contributed by atoms with Crippen LogP contribution in [0.3, 0.4) is 0 Å². The van der Waals surface area contributed by atoms with Crippen molar-refractivity contribution in [3.05, 3.63) is 40.0 Å². The molecule has 0 radical (unpaired) electrons. The summed E-state index contributed by atoms with van der Waals surface area (Å²) in [5, 5.41) is 7.38. The molecule has 1 heterocycles. The van der Waals surface area contributed by atoms with E-state index in [0.29, 0.717) is 21.9 Å². The molecule has 1 fully saturated rings. The van der Waals surface area contributed by atoms with Crippen molar-refractivity contribution in [1.82, 2.24) is 9.97 Å². The van der Waals surface area contributed by atoms with Gasteiger partial charge in [0.25, 0.3) is 0 Å². The van der Waals surface area contributed by atoms with Crippen LogP contribution in [0, 0.1) is 0 Å². The van der Waals surface area contributed by atoms with Gasteiger partial charge < -0.3 is 10.6 Å². The number of nitrogens with zero attached hydrogens (tertiary/aromatic N) is 2. The van der Waals surface area contributed by atoms with Crippen molar-refractivity contribution in [1.29, 1.82) is 0 Å². The predicted octanol–water partition coefficient (Wildman–Crippen LogP) is 4.45. The summed E-state index contributed by atoms with van der Waals surface area (Å²) >= 11 is 12.0. The van der Waals surface area contributed by atoms with E-state index in [2.05, 4.69) is 20.6 Å². The van der Waals surface area contributed by atoms with Gasteiger partial charge in [0, 0.05) is 34.8 Å². The second-order valence-corrected chi connectivity index (χ2v) is 5.68. The van der Waals surface area contributed by atoms with E-state index in [-0.39, 0.29) is 0 Å². The van der Waals surface area contributed by atoms with Gasteiger partial charge >= 0.3 is 0 Å². The number of rotatable bonds is 4. The fourth-order valence-corrected chi connectivity index (χ4v) is 2.53. The highest BCUT2D eigenvalue weighted by Gasteiger charge is 2.26. The molecule has 0 aliphatic heterocycles. The van der Waals surface area contributed by atoms with Gasteiger partial charge in [-0.05, 0) is 31.0 Å². The van der Waals surface area contributed by atoms with Crippen molar-refractivity contribution in [2.75, 3.05) is 17.7 Å². The summed E-state index contributed by atoms with van der Waals surface area (Å²) in [7, 11) is 1.81. The molecule has 3 rings (SSSR count). The molecule has 1 aromatic carbocycles. The van der Waals surface area contributed by atoms with Gasteiger partial charge in [0.2, 0.25) is 5.95 Å². The fourth-order valence-electron chi connectivity index (χ4n) is 2.00. The van der Waals surface area contributed by atoms with Crippen molar-refractivity contribution in [2.45, 2.75) is 18.8 Å². The number of hydrogen-bond donors (Lipinski definition) is 2. The zero-order valence-corrected chi connectivity index (χ0v) is 12.5. The highest BCUT2D eigenvalue weighted by Crippen LogP contribution is 2.40. The molecular weight excluding hydrogens is 295 g/mol. The minimum atomic E-state index is 0.564. The highest BCUT2D eigenvalue weighted by molar-refractivity contribution is 6.35. The smallest absolute Gasteiger partial charge is 0.224 e. The van der Waals surface area contributed by atoms with Gasteiger partial charge in [0.05, 0.1) is 5.69 Å². The van der Waals surface area contributed by atoms with E-state index in [1.807, 2.05) is 25.2 Å². The summed E-state index contributed by atoms with van der Waals surface area (Å²) in [4.78, 5) is 8.87. The van der Waals surface area contributed by atoms with Gasteiger partial charge in [-0.25, -0.2) is 4.98 Å². The van der Waals surface area contributed by atoms with E-state index in [1.54, 1.807) is 6.07 Å². The lowest BCUT2D eigenvalue weighted by molar-refractivity contribution is 0.991. The Hall–Kier alpha value is -1.52. The lowest BCUT2D eigenvalue weighted by Crippen LogP contribution is -2.03. The zero-order chi connectivity index (χ0) is 14.1. The Bertz CT molecular complexity index is 621. The van der Waals surface area contributed by atoms with Crippen LogP contribution >= 0.6 is 23.2 Å². The van der Waals surface area contributed by atoms with Crippen molar-refractivity contribution >= 4 is 40.7 Å². The average molecular weight is 309 g/mol. The molecule has 1 saturated carbocycles. The third kappa shape index (κ3) is 3.14. The molecule has 1 aliphatic carbocycles. The molecular formula is C14H14Cl2N4. The number of nitrogens with one attached hydrogen (secondary N) is 2. The van der Waals surface area contributed by atoms with Crippen LogP contribution in [0.1, 0.15) is 24.5 Å². The summed E-state index contributed by atoms with van der Waals surface area (Å²) < 4.78 is 0. The molecule has 0 amide bonds. The highest BCUT2D eigenvalue weighted by atomic mass is 35.5. The molecule has 0 unspecified atom stereocenters. The first kappa shape index (κ1) is 13.5. The second kappa shape index (κ2) is 5.46. The molecule has 0 atom stereocenters. The molecule has 1 aromatic heterocycles. The van der Waals surface area contributed by atoms with Gasteiger partial charge in [0.1, 0.15) is 5.82 Å². The first-order valence-corrected chi connectivity index (χ1v) is 7.19. The van der Waals surface area contributed by atoms with Gasteiger partial charge in [-0.1, -0.05) is 23.2 Å². The van der Waals surface area contributed by atoms with E-state index < -0.39 is 0 Å². The topological polar surface area (TPSA) is 49.8 Å². The van der Waals surface area contributed by atoms with Crippen LogP contribution in [0.4, 0.5) is 17.5 Å². The first-order valence-electron chi connectivity index (χ1n) is 6.44. The molecule has 1 aliphatic rings. The van der Waals surface area contributed by atoms with Crippen molar-refractivity contribution < 1.29 is 0 Å². The molecule has 0 bridgehead atoms. The van der Waals surface area contributed by atoms with Crippen LogP contribution < -0.4 is 10.6 Å². The van der Waals surface area contributed by atoms with Crippen LogP contribution in [0.5, 0.6) is 0 Å². The van der Waals surface area contributed by atoms with E-state index in [1.165, 1.54) is 12.8 Å². The largest absolute Gasteiger partial charge is 0.357 e. The van der Waals surface area contributed by atoms with Gasteiger partial charge in [-0.15, -0.1) is 0 Å². The van der Waals surface area contributed by atoms with Gasteiger partial charge in [-0.3, -0.25) is 0 Å². The third-order valence-corrected chi connectivity index (χ3v) is 3.54. The summed E-state index contributed by atoms with van der Waals surface area (Å²) in [6.07, 6.45) is 2.39. The molecule has 0 saturated heterocycles. The summed E-state index contributed by atoms with van der Waals surface area (Å²) in [6, 6.07) is 7.30. The van der Waals surface area contributed by atoms with Crippen LogP contribution in [0.25, 0.3) is 0 Å². The van der Waals surface area contributed by atoms with Crippen molar-refractivity contribution in [2.24, 2.45) is 0 Å². The zero-order valence-electron chi connectivity index (χ0n) is 11.0. The minimum absolute atomic E-state index is 0.564. The maximum atomic E-state index is 6.00. The number of hydrogen-bond acceptors (Lipinski definition) is 4. The van der Waals surface area contributed by atoms with Crippen LogP contribution in [-0.4, -0.2) is 17.0 Å². The Morgan fingerprint density at radius 2 is 1.75 bits per heavy atom. The molecule has 2 aromatic rings. The third-order valence-electron chi connectivity index (χ3n) is 3.10. The van der Waals surface area contributed by atoms with E-state index >= 15 is 0 Å². The number of aromatic nitrogens is 2. The lowest BCUT2D eigenvalue weighted by atomic mass is 10.2. The van der Waals surface area contributed by atoms with Crippen molar-refractivity contribution in [3.8, 4) is 0 Å². The minimum Gasteiger partial charge on any atom is -0.357 e. The van der Waals surface area contributed by atoms with E-state index in [9.17, 15) is 0 Å². The quantitative estimate of drug-likeness (QED) is 0.876. The standard InChI is InChI=1S/C14H14Cl2N4/c1-17-14-19-12(8-2-3-8)7-13(20-14)18-11-5-9(15)4-10(16)6-11/h4-8H,2-3H2,1H3,(H2,17,18,19,20). The maximum Gasteiger partial charge on any atom is 0.224 e. The summed E-state index contributed by atoms with van der Waals surface area (Å²) in [5.74, 6) is 1.92. The Labute approximate surface area is 127 Å². The molecule has 0 spiro atoms. The van der Waals surface area contributed by atoms with Crippen LogP contribution in [0.15, 0.2) is 24.3 Å². The maximum absolute atomic E-state index is 6.00. The van der Waals surface area contributed by atoms with Crippen LogP contribution in [0.2, 0.25) is 10.0 Å². The lowest BCUT2D eigenvalue weighted by Gasteiger charge is -2.10. The van der Waals surface area contributed by atoms with Gasteiger partial charge in [-0.2, -0.15) is 4.98 Å². The molecule has 2 N–H and O–H groups in total. The SMILES string of the molecule is CNc1nc(Nc2cc(Cl)cc(Cl)c2)cc(C2CC2)n1. The molecule has 20 heavy (non-hydrogen) atoms. The van der Waals surface area contributed by atoms with Crippen molar-refractivity contribution in [3.63, 3.8) is 0 Å². The van der Waals surface area contributed by atoms with E-state index in [0.717, 1.165) is 17.2 Å². The summed E-state index contributed by atoms with van der Waals surface area (Å²) in [5.41, 5.74) is 1.88. The Morgan fingerprint density at radius 1 is 1.05 bits per heavy atom. The average Bonchev–Trinajstić information content (AvgIpc) is 3.21. The Morgan fingerprint density at radius 3 is 2.35 bits per heavy atom. The first-order chi connectivity index (χ1) is 9.64. The normalized spacial score (nSPS) is 14.2. The number of anilines is 3.